The molecule has 0 aliphatic carbocycles. The number of carbonyl (C=O) groups excluding carboxylic acids is 1. The average molecular weight is 353 g/mol. The van der Waals surface area contributed by atoms with Gasteiger partial charge in [-0.05, 0) is 31.0 Å². The highest BCUT2D eigenvalue weighted by molar-refractivity contribution is 7.18. The van der Waals surface area contributed by atoms with Gasteiger partial charge in [-0.3, -0.25) is 4.79 Å². The van der Waals surface area contributed by atoms with Gasteiger partial charge in [-0.15, -0.1) is 10.2 Å². The molecule has 1 heterocycles. The molecule has 5 nitrogen and oxygen atoms in total. The molecule has 25 heavy (non-hydrogen) atoms. The minimum absolute atomic E-state index is 0.138. The van der Waals surface area contributed by atoms with E-state index in [1.54, 1.807) is 0 Å². The first-order valence-corrected chi connectivity index (χ1v) is 8.83. The quantitative estimate of drug-likeness (QED) is 0.720. The van der Waals surface area contributed by atoms with Crippen LogP contribution >= 0.6 is 11.3 Å². The number of ether oxygens (including phenoxy) is 1. The Morgan fingerprint density at radius 3 is 2.68 bits per heavy atom. The van der Waals surface area contributed by atoms with E-state index < -0.39 is 0 Å². The molecular weight excluding hydrogens is 334 g/mol. The number of hydrogen-bond donors (Lipinski definition) is 1. The van der Waals surface area contributed by atoms with Gasteiger partial charge in [0.2, 0.25) is 11.0 Å². The molecule has 0 bridgehead atoms. The van der Waals surface area contributed by atoms with E-state index in [0.717, 1.165) is 21.9 Å². The van der Waals surface area contributed by atoms with Crippen LogP contribution in [0.25, 0.3) is 10.6 Å². The molecule has 0 aliphatic rings. The zero-order valence-electron chi connectivity index (χ0n) is 14.2. The maximum Gasteiger partial charge on any atom is 0.229 e. The molecule has 0 radical (unpaired) electrons. The first kappa shape index (κ1) is 17.1. The topological polar surface area (TPSA) is 64.1 Å². The fourth-order valence-corrected chi connectivity index (χ4v) is 3.05. The highest BCUT2D eigenvalue weighted by Gasteiger charge is 2.10. The van der Waals surface area contributed by atoms with E-state index in [1.165, 1.54) is 16.9 Å². The Labute approximate surface area is 150 Å². The van der Waals surface area contributed by atoms with E-state index >= 15 is 0 Å². The predicted octanol–water partition coefficient (Wildman–Crippen LogP) is 4.23. The summed E-state index contributed by atoms with van der Waals surface area (Å²) in [5.74, 6) is 0.677. The molecular formula is C19H19N3O2S. The fourth-order valence-electron chi connectivity index (χ4n) is 2.29. The van der Waals surface area contributed by atoms with Crippen LogP contribution in [-0.2, 0) is 4.79 Å². The second kappa shape index (κ2) is 7.90. The van der Waals surface area contributed by atoms with E-state index in [0.29, 0.717) is 11.7 Å². The number of aromatic nitrogens is 2. The van der Waals surface area contributed by atoms with Gasteiger partial charge in [0.15, 0.2) is 0 Å². The third-order valence-corrected chi connectivity index (χ3v) is 4.72. The highest BCUT2D eigenvalue weighted by atomic mass is 32.1. The van der Waals surface area contributed by atoms with Crippen molar-refractivity contribution >= 4 is 22.4 Å². The third-order valence-electron chi connectivity index (χ3n) is 3.83. The van der Waals surface area contributed by atoms with Gasteiger partial charge in [-0.2, -0.15) is 0 Å². The fraction of sp³-hybridized carbons (Fsp3) is 0.211. The van der Waals surface area contributed by atoms with E-state index in [4.69, 9.17) is 4.74 Å². The van der Waals surface area contributed by atoms with Crippen LogP contribution in [0, 0.1) is 13.8 Å². The van der Waals surface area contributed by atoms with Crippen LogP contribution in [-0.4, -0.2) is 22.7 Å². The first-order chi connectivity index (χ1) is 12.1. The van der Waals surface area contributed by atoms with Gasteiger partial charge < -0.3 is 10.1 Å². The Balaban J connectivity index is 1.51. The van der Waals surface area contributed by atoms with Gasteiger partial charge in [0.05, 0.1) is 13.0 Å². The largest absolute Gasteiger partial charge is 0.493 e. The Kier molecular flexibility index (Phi) is 5.40. The summed E-state index contributed by atoms with van der Waals surface area (Å²) in [6.45, 7) is 4.37. The highest BCUT2D eigenvalue weighted by Crippen LogP contribution is 2.26. The lowest BCUT2D eigenvalue weighted by Crippen LogP contribution is -2.15. The summed E-state index contributed by atoms with van der Waals surface area (Å²) in [6.07, 6.45) is 0.258. The number of carbonyl (C=O) groups is 1. The number of rotatable bonds is 6. The number of amides is 1. The molecule has 2 aromatic carbocycles. The number of nitrogens with zero attached hydrogens (tertiary/aromatic N) is 2. The van der Waals surface area contributed by atoms with Gasteiger partial charge in [-0.1, -0.05) is 53.8 Å². The summed E-state index contributed by atoms with van der Waals surface area (Å²) in [7, 11) is 0. The predicted molar refractivity (Wildman–Crippen MR) is 100 cm³/mol. The van der Waals surface area contributed by atoms with Gasteiger partial charge in [0.1, 0.15) is 10.8 Å². The normalized spacial score (nSPS) is 10.5. The van der Waals surface area contributed by atoms with Crippen molar-refractivity contribution < 1.29 is 9.53 Å². The van der Waals surface area contributed by atoms with E-state index in [-0.39, 0.29) is 12.3 Å². The summed E-state index contributed by atoms with van der Waals surface area (Å²) in [5, 5.41) is 12.2. The minimum Gasteiger partial charge on any atom is -0.493 e. The molecule has 128 valence electrons. The number of benzene rings is 2. The molecule has 0 spiro atoms. The Bertz CT molecular complexity index is 862. The number of nitrogens with one attached hydrogen (secondary N) is 1. The van der Waals surface area contributed by atoms with Crippen LogP contribution in [0.4, 0.5) is 5.13 Å². The van der Waals surface area contributed by atoms with Crippen molar-refractivity contribution in [3.63, 3.8) is 0 Å². The standard InChI is InChI=1S/C19H19N3O2S/c1-13-7-6-10-16(14(13)2)24-12-11-17(23)20-19-22-21-18(25-19)15-8-4-3-5-9-15/h3-10H,11-12H2,1-2H3,(H,20,22,23). The summed E-state index contributed by atoms with van der Waals surface area (Å²) >= 11 is 1.35. The van der Waals surface area contributed by atoms with E-state index in [9.17, 15) is 4.79 Å². The Morgan fingerprint density at radius 2 is 1.88 bits per heavy atom. The lowest BCUT2D eigenvalue weighted by molar-refractivity contribution is -0.116. The lowest BCUT2D eigenvalue weighted by atomic mass is 10.1. The number of hydrogen-bond acceptors (Lipinski definition) is 5. The molecule has 1 N–H and O–H groups in total. The second-order valence-electron chi connectivity index (χ2n) is 5.62. The monoisotopic (exact) mass is 353 g/mol. The van der Waals surface area contributed by atoms with Crippen molar-refractivity contribution in [1.82, 2.24) is 10.2 Å². The zero-order chi connectivity index (χ0) is 17.6. The average Bonchev–Trinajstić information content (AvgIpc) is 3.08. The summed E-state index contributed by atoms with van der Waals surface area (Å²) in [6, 6.07) is 15.7. The molecule has 0 fully saturated rings. The molecule has 0 saturated carbocycles. The van der Waals surface area contributed by atoms with Crippen molar-refractivity contribution in [1.29, 1.82) is 0 Å². The Morgan fingerprint density at radius 1 is 1.08 bits per heavy atom. The van der Waals surface area contributed by atoms with Crippen molar-refractivity contribution in [2.24, 2.45) is 0 Å². The number of anilines is 1. The van der Waals surface area contributed by atoms with Crippen LogP contribution in [0.1, 0.15) is 17.5 Å². The lowest BCUT2D eigenvalue weighted by Gasteiger charge is -2.10. The summed E-state index contributed by atoms with van der Waals surface area (Å²) in [5.41, 5.74) is 3.25. The molecule has 1 aromatic heterocycles. The van der Waals surface area contributed by atoms with Crippen molar-refractivity contribution in [3.8, 4) is 16.3 Å². The van der Waals surface area contributed by atoms with E-state index in [1.807, 2.05) is 62.4 Å². The maximum atomic E-state index is 12.0. The SMILES string of the molecule is Cc1cccc(OCCC(=O)Nc2nnc(-c3ccccc3)s2)c1C. The van der Waals surface area contributed by atoms with Gasteiger partial charge in [0, 0.05) is 5.56 Å². The zero-order valence-corrected chi connectivity index (χ0v) is 15.0. The molecule has 0 saturated heterocycles. The molecule has 6 heteroatoms. The molecule has 3 aromatic rings. The van der Waals surface area contributed by atoms with Gasteiger partial charge >= 0.3 is 0 Å². The molecule has 0 atom stereocenters. The second-order valence-corrected chi connectivity index (χ2v) is 6.60. The van der Waals surface area contributed by atoms with Crippen molar-refractivity contribution in [2.45, 2.75) is 20.3 Å². The van der Waals surface area contributed by atoms with Crippen LogP contribution < -0.4 is 10.1 Å². The molecule has 3 rings (SSSR count). The van der Waals surface area contributed by atoms with Crippen LogP contribution in [0.15, 0.2) is 48.5 Å². The molecule has 1 amide bonds. The molecule has 0 unspecified atom stereocenters. The van der Waals surface area contributed by atoms with Crippen LogP contribution in [0.5, 0.6) is 5.75 Å². The minimum atomic E-state index is -0.138. The summed E-state index contributed by atoms with van der Waals surface area (Å²) < 4.78 is 5.71. The van der Waals surface area contributed by atoms with Crippen LogP contribution in [0.2, 0.25) is 0 Å². The first-order valence-electron chi connectivity index (χ1n) is 8.01. The van der Waals surface area contributed by atoms with Crippen molar-refractivity contribution in [3.05, 3.63) is 59.7 Å². The van der Waals surface area contributed by atoms with Crippen LogP contribution in [0.3, 0.4) is 0 Å². The molecule has 0 aliphatic heterocycles. The van der Waals surface area contributed by atoms with Crippen molar-refractivity contribution in [2.75, 3.05) is 11.9 Å². The Hall–Kier alpha value is -2.73. The third kappa shape index (κ3) is 4.42. The van der Waals surface area contributed by atoms with Gasteiger partial charge in [0.25, 0.3) is 0 Å². The number of aryl methyl sites for hydroxylation is 1. The van der Waals surface area contributed by atoms with Gasteiger partial charge in [-0.25, -0.2) is 0 Å². The summed E-state index contributed by atoms with van der Waals surface area (Å²) in [4.78, 5) is 12.0. The van der Waals surface area contributed by atoms with E-state index in [2.05, 4.69) is 15.5 Å². The smallest absolute Gasteiger partial charge is 0.229 e. The maximum absolute atomic E-state index is 12.0.